The van der Waals surface area contributed by atoms with Gasteiger partial charge in [-0.3, -0.25) is 4.79 Å². The Kier molecular flexibility index (Phi) is 18.5. The summed E-state index contributed by atoms with van der Waals surface area (Å²) in [6, 6.07) is 9.82. The van der Waals surface area contributed by atoms with Crippen molar-refractivity contribution in [1.82, 2.24) is 0 Å². The molecule has 0 fully saturated rings. The number of unbranched alkanes of at least 4 members (excludes halogenated alkanes) is 14. The average Bonchev–Trinajstić information content (AvgIpc) is 2.78. The van der Waals surface area contributed by atoms with Crippen LogP contribution in [-0.2, 0) is 25.7 Å². The minimum absolute atomic E-state index is 0.0156. The van der Waals surface area contributed by atoms with E-state index in [1.54, 1.807) is 0 Å². The first-order chi connectivity index (χ1) is 15.7. The van der Waals surface area contributed by atoms with Gasteiger partial charge in [-0.25, -0.2) is 4.79 Å². The Balaban J connectivity index is 1.73. The van der Waals surface area contributed by atoms with Crippen LogP contribution in [0, 0.1) is 0 Å². The van der Waals surface area contributed by atoms with Gasteiger partial charge in [0.15, 0.2) is 0 Å². The lowest BCUT2D eigenvalue weighted by molar-refractivity contribution is -0.149. The number of rotatable bonds is 22. The van der Waals surface area contributed by atoms with E-state index < -0.39 is 5.97 Å². The summed E-state index contributed by atoms with van der Waals surface area (Å²) in [5.41, 5.74) is 1.06. The minimum atomic E-state index is -0.674. The molecule has 0 amide bonds. The molecule has 182 valence electrons. The lowest BCUT2D eigenvalue weighted by atomic mass is 10.0. The predicted molar refractivity (Wildman–Crippen MR) is 129 cm³/mol. The number of carboxylic acids is 1. The van der Waals surface area contributed by atoms with Crippen molar-refractivity contribution >= 4 is 11.9 Å². The maximum atomic E-state index is 11.6. The van der Waals surface area contributed by atoms with E-state index in [2.05, 4.69) is 0 Å². The molecule has 1 rings (SSSR count). The third kappa shape index (κ3) is 18.9. The molecule has 1 aromatic carbocycles. The number of esters is 1. The molecule has 0 heterocycles. The fraction of sp³-hybridized carbons (Fsp3) is 0.704. The zero-order valence-corrected chi connectivity index (χ0v) is 19.9. The zero-order valence-electron chi connectivity index (χ0n) is 19.9. The Labute approximate surface area is 194 Å². The van der Waals surface area contributed by atoms with Crippen LogP contribution >= 0.6 is 0 Å². The Bertz CT molecular complexity index is 573. The number of benzene rings is 1. The van der Waals surface area contributed by atoms with E-state index in [1.165, 1.54) is 70.6 Å². The number of carboxylic acid groups (broad SMARTS) is 1. The van der Waals surface area contributed by atoms with Crippen molar-refractivity contribution in [2.75, 3.05) is 13.2 Å². The average molecular weight is 449 g/mol. The molecule has 1 N–H and O–H groups in total. The smallest absolute Gasteiger partial charge is 0.332 e. The molecule has 5 heteroatoms. The van der Waals surface area contributed by atoms with Gasteiger partial charge >= 0.3 is 11.9 Å². The van der Waals surface area contributed by atoms with Crippen LogP contribution in [0.5, 0.6) is 0 Å². The molecule has 0 aromatic heterocycles. The van der Waals surface area contributed by atoms with Gasteiger partial charge in [0.25, 0.3) is 0 Å². The van der Waals surface area contributed by atoms with Crippen LogP contribution in [0.25, 0.3) is 0 Å². The maximum Gasteiger partial charge on any atom is 0.332 e. The van der Waals surface area contributed by atoms with Gasteiger partial charge in [-0.1, -0.05) is 114 Å². The summed E-state index contributed by atoms with van der Waals surface area (Å²) < 4.78 is 10.6. The number of hydrogen-bond acceptors (Lipinski definition) is 4. The van der Waals surface area contributed by atoms with Crippen LogP contribution < -0.4 is 0 Å². The Morgan fingerprint density at radius 1 is 0.656 bits per heavy atom. The zero-order chi connectivity index (χ0) is 23.1. The van der Waals surface area contributed by atoms with E-state index in [-0.39, 0.29) is 12.6 Å². The highest BCUT2D eigenvalue weighted by atomic mass is 16.6. The Hall–Kier alpha value is -1.88. The topological polar surface area (TPSA) is 72.8 Å². The molecule has 1 aromatic rings. The van der Waals surface area contributed by atoms with E-state index in [1.807, 2.05) is 30.3 Å². The summed E-state index contributed by atoms with van der Waals surface area (Å²) in [4.78, 5) is 22.1. The van der Waals surface area contributed by atoms with Crippen molar-refractivity contribution in [2.24, 2.45) is 0 Å². The van der Waals surface area contributed by atoms with Crippen molar-refractivity contribution < 1.29 is 24.2 Å². The molecule has 0 spiro atoms. The van der Waals surface area contributed by atoms with E-state index in [9.17, 15) is 9.59 Å². The Morgan fingerprint density at radius 2 is 1.12 bits per heavy atom. The van der Waals surface area contributed by atoms with Gasteiger partial charge in [0, 0.05) is 6.42 Å². The Morgan fingerprint density at radius 3 is 1.62 bits per heavy atom. The van der Waals surface area contributed by atoms with Crippen LogP contribution in [0.3, 0.4) is 0 Å². The first kappa shape index (κ1) is 28.2. The summed E-state index contributed by atoms with van der Waals surface area (Å²) in [6.07, 6.45) is 18.4. The summed E-state index contributed by atoms with van der Waals surface area (Å²) >= 11 is 0. The second-order valence-corrected chi connectivity index (χ2v) is 8.65. The standard InChI is InChI=1S/C27H44O5/c28-26(29)21-17-12-10-8-6-4-2-1-3-5-7-9-11-13-18-22-32-27(30)24-31-23-25-19-15-14-16-20-25/h14-16,19-20H,1-13,17-18,21-24H2,(H,28,29). The summed E-state index contributed by atoms with van der Waals surface area (Å²) in [5.74, 6) is -0.953. The number of ether oxygens (including phenoxy) is 2. The molecule has 0 saturated carbocycles. The molecule has 0 atom stereocenters. The molecule has 0 bridgehead atoms. The summed E-state index contributed by atoms with van der Waals surface area (Å²) in [7, 11) is 0. The van der Waals surface area contributed by atoms with Gasteiger partial charge in [0.05, 0.1) is 13.2 Å². The second kappa shape index (κ2) is 21.0. The highest BCUT2D eigenvalue weighted by molar-refractivity contribution is 5.70. The van der Waals surface area contributed by atoms with Gasteiger partial charge in [-0.2, -0.15) is 0 Å². The second-order valence-electron chi connectivity index (χ2n) is 8.65. The first-order valence-corrected chi connectivity index (χ1v) is 12.7. The van der Waals surface area contributed by atoms with Crippen molar-refractivity contribution in [3.63, 3.8) is 0 Å². The van der Waals surface area contributed by atoms with Crippen molar-refractivity contribution in [1.29, 1.82) is 0 Å². The largest absolute Gasteiger partial charge is 0.481 e. The van der Waals surface area contributed by atoms with Crippen molar-refractivity contribution in [3.05, 3.63) is 35.9 Å². The molecule has 0 aliphatic rings. The molecule has 0 radical (unpaired) electrons. The molecular weight excluding hydrogens is 404 g/mol. The molecule has 32 heavy (non-hydrogen) atoms. The lowest BCUT2D eigenvalue weighted by Gasteiger charge is -2.06. The summed E-state index contributed by atoms with van der Waals surface area (Å²) in [6.45, 7) is 0.945. The van der Waals surface area contributed by atoms with Crippen molar-refractivity contribution in [3.8, 4) is 0 Å². The fourth-order valence-electron chi connectivity index (χ4n) is 3.73. The highest BCUT2D eigenvalue weighted by Gasteiger charge is 2.03. The quantitative estimate of drug-likeness (QED) is 0.152. The predicted octanol–water partition coefficient (Wildman–Crippen LogP) is 7.07. The SMILES string of the molecule is O=C(O)CCCCCCCCCCCCCCCCCOC(=O)COCc1ccccc1. The van der Waals surface area contributed by atoms with E-state index in [0.717, 1.165) is 31.2 Å². The number of aliphatic carboxylic acids is 1. The molecule has 5 nitrogen and oxygen atoms in total. The van der Waals surface area contributed by atoms with Gasteiger partial charge in [0.2, 0.25) is 0 Å². The monoisotopic (exact) mass is 448 g/mol. The van der Waals surface area contributed by atoms with Gasteiger partial charge in [0.1, 0.15) is 6.61 Å². The lowest BCUT2D eigenvalue weighted by Crippen LogP contribution is -2.13. The van der Waals surface area contributed by atoms with Crippen molar-refractivity contribution in [2.45, 2.75) is 109 Å². The normalized spacial score (nSPS) is 10.9. The van der Waals surface area contributed by atoms with E-state index >= 15 is 0 Å². The molecule has 0 aliphatic heterocycles. The number of carbonyl (C=O) groups is 2. The number of carbonyl (C=O) groups excluding carboxylic acids is 1. The third-order valence-corrected chi connectivity index (χ3v) is 5.63. The van der Waals surface area contributed by atoms with Crippen LogP contribution in [-0.4, -0.2) is 30.3 Å². The van der Waals surface area contributed by atoms with Gasteiger partial charge < -0.3 is 14.6 Å². The third-order valence-electron chi connectivity index (χ3n) is 5.63. The molecule has 0 saturated heterocycles. The van der Waals surface area contributed by atoms with Crippen LogP contribution in [0.4, 0.5) is 0 Å². The van der Waals surface area contributed by atoms with Crippen LogP contribution in [0.2, 0.25) is 0 Å². The van der Waals surface area contributed by atoms with Crippen LogP contribution in [0.15, 0.2) is 30.3 Å². The molecule has 0 unspecified atom stereocenters. The van der Waals surface area contributed by atoms with E-state index in [4.69, 9.17) is 14.6 Å². The van der Waals surface area contributed by atoms with Crippen LogP contribution in [0.1, 0.15) is 108 Å². The minimum Gasteiger partial charge on any atom is -0.481 e. The van der Waals surface area contributed by atoms with Gasteiger partial charge in [-0.05, 0) is 18.4 Å². The first-order valence-electron chi connectivity index (χ1n) is 12.7. The molecule has 0 aliphatic carbocycles. The molecular formula is C27H44O5. The van der Waals surface area contributed by atoms with E-state index in [0.29, 0.717) is 19.6 Å². The summed E-state index contributed by atoms with van der Waals surface area (Å²) in [5, 5.41) is 8.59. The van der Waals surface area contributed by atoms with Gasteiger partial charge in [-0.15, -0.1) is 0 Å². The highest BCUT2D eigenvalue weighted by Crippen LogP contribution is 2.13. The fourth-order valence-corrected chi connectivity index (χ4v) is 3.73. The maximum absolute atomic E-state index is 11.6. The number of hydrogen-bond donors (Lipinski definition) is 1.